The summed E-state index contributed by atoms with van der Waals surface area (Å²) < 4.78 is 13.1. The normalized spacial score (nSPS) is 23.1. The molecule has 2 rings (SSSR count). The van der Waals surface area contributed by atoms with E-state index in [1.54, 1.807) is 12.1 Å². The van der Waals surface area contributed by atoms with Gasteiger partial charge in [-0.2, -0.15) is 0 Å². The summed E-state index contributed by atoms with van der Waals surface area (Å²) in [5.74, 6) is -0.154. The Morgan fingerprint density at radius 1 is 1.35 bits per heavy atom. The lowest BCUT2D eigenvalue weighted by Gasteiger charge is -2.22. The van der Waals surface area contributed by atoms with Gasteiger partial charge < -0.3 is 10.6 Å². The minimum absolute atomic E-state index is 0.154. The molecule has 0 radical (unpaired) electrons. The molecule has 1 aliphatic rings. The first-order chi connectivity index (χ1) is 8.25. The molecule has 2 N–H and O–H groups in total. The van der Waals surface area contributed by atoms with E-state index in [4.69, 9.17) is 0 Å². The van der Waals surface area contributed by atoms with Gasteiger partial charge in [-0.05, 0) is 57.0 Å². The number of hydrogen-bond acceptors (Lipinski definition) is 2. The molecular formula is C14H21FN2. The predicted octanol–water partition coefficient (Wildman–Crippen LogP) is 2.62. The van der Waals surface area contributed by atoms with Crippen LogP contribution in [0, 0.1) is 5.82 Å². The molecule has 1 fully saturated rings. The smallest absolute Gasteiger partial charge is 0.123 e. The molecule has 1 aromatic carbocycles. The number of halogens is 1. The van der Waals surface area contributed by atoms with Gasteiger partial charge in [0.2, 0.25) is 0 Å². The SMILES string of the molecule is CC(NC1CCCNCC1)c1cccc(F)c1. The summed E-state index contributed by atoms with van der Waals surface area (Å²) in [6, 6.07) is 7.63. The molecule has 0 aromatic heterocycles. The fourth-order valence-corrected chi connectivity index (χ4v) is 2.41. The maximum Gasteiger partial charge on any atom is 0.123 e. The minimum Gasteiger partial charge on any atom is -0.317 e. The van der Waals surface area contributed by atoms with E-state index in [0.29, 0.717) is 6.04 Å². The summed E-state index contributed by atoms with van der Waals surface area (Å²) in [4.78, 5) is 0. The Labute approximate surface area is 103 Å². The van der Waals surface area contributed by atoms with Crippen LogP contribution < -0.4 is 10.6 Å². The molecular weight excluding hydrogens is 215 g/mol. The first kappa shape index (κ1) is 12.5. The Bertz CT molecular complexity index is 346. The van der Waals surface area contributed by atoms with Gasteiger partial charge in [0.05, 0.1) is 0 Å². The lowest BCUT2D eigenvalue weighted by Crippen LogP contribution is -2.32. The van der Waals surface area contributed by atoms with E-state index < -0.39 is 0 Å². The molecule has 1 aliphatic heterocycles. The Morgan fingerprint density at radius 3 is 3.06 bits per heavy atom. The highest BCUT2D eigenvalue weighted by molar-refractivity contribution is 5.19. The summed E-state index contributed by atoms with van der Waals surface area (Å²) >= 11 is 0. The van der Waals surface area contributed by atoms with E-state index in [9.17, 15) is 4.39 Å². The number of hydrogen-bond donors (Lipinski definition) is 2. The van der Waals surface area contributed by atoms with Crippen LogP contribution in [-0.4, -0.2) is 19.1 Å². The molecule has 0 amide bonds. The van der Waals surface area contributed by atoms with Gasteiger partial charge in [-0.1, -0.05) is 12.1 Å². The van der Waals surface area contributed by atoms with Crippen molar-refractivity contribution in [3.63, 3.8) is 0 Å². The third-order valence-electron chi connectivity index (χ3n) is 3.41. The maximum absolute atomic E-state index is 13.1. The van der Waals surface area contributed by atoms with Crippen LogP contribution in [-0.2, 0) is 0 Å². The van der Waals surface area contributed by atoms with Crippen LogP contribution in [0.4, 0.5) is 4.39 Å². The first-order valence-electron chi connectivity index (χ1n) is 6.48. The average Bonchev–Trinajstić information content (AvgIpc) is 2.57. The van der Waals surface area contributed by atoms with E-state index in [0.717, 1.165) is 25.1 Å². The third-order valence-corrected chi connectivity index (χ3v) is 3.41. The lowest BCUT2D eigenvalue weighted by molar-refractivity contribution is 0.420. The summed E-state index contributed by atoms with van der Waals surface area (Å²) in [5.41, 5.74) is 1.03. The zero-order valence-corrected chi connectivity index (χ0v) is 10.4. The topological polar surface area (TPSA) is 24.1 Å². The molecule has 1 aromatic rings. The average molecular weight is 236 g/mol. The molecule has 0 bridgehead atoms. The Kier molecular flexibility index (Phi) is 4.51. The summed E-state index contributed by atoms with van der Waals surface area (Å²) in [6.45, 7) is 4.30. The van der Waals surface area contributed by atoms with Crippen LogP contribution in [0.1, 0.15) is 37.8 Å². The van der Waals surface area contributed by atoms with E-state index in [2.05, 4.69) is 17.6 Å². The van der Waals surface area contributed by atoms with Gasteiger partial charge in [0.25, 0.3) is 0 Å². The highest BCUT2D eigenvalue weighted by atomic mass is 19.1. The molecule has 1 saturated heterocycles. The van der Waals surface area contributed by atoms with Crippen molar-refractivity contribution in [2.45, 2.75) is 38.3 Å². The van der Waals surface area contributed by atoms with Gasteiger partial charge >= 0.3 is 0 Å². The van der Waals surface area contributed by atoms with E-state index in [1.807, 2.05) is 6.07 Å². The van der Waals surface area contributed by atoms with Crippen molar-refractivity contribution < 1.29 is 4.39 Å². The van der Waals surface area contributed by atoms with Crippen molar-refractivity contribution in [1.82, 2.24) is 10.6 Å². The fourth-order valence-electron chi connectivity index (χ4n) is 2.41. The van der Waals surface area contributed by atoms with Crippen LogP contribution in [0.5, 0.6) is 0 Å². The van der Waals surface area contributed by atoms with Crippen LogP contribution >= 0.6 is 0 Å². The standard InChI is InChI=1S/C14H21FN2/c1-11(12-4-2-5-13(15)10-12)17-14-6-3-8-16-9-7-14/h2,4-5,10-11,14,16-17H,3,6-9H2,1H3. The molecule has 0 spiro atoms. The monoisotopic (exact) mass is 236 g/mol. The zero-order chi connectivity index (χ0) is 12.1. The summed E-state index contributed by atoms with van der Waals surface area (Å²) in [6.07, 6.45) is 3.57. The third kappa shape index (κ3) is 3.79. The summed E-state index contributed by atoms with van der Waals surface area (Å²) in [7, 11) is 0. The van der Waals surface area contributed by atoms with Crippen LogP contribution in [0.25, 0.3) is 0 Å². The van der Waals surface area contributed by atoms with Gasteiger partial charge in [-0.3, -0.25) is 0 Å². The Balaban J connectivity index is 1.93. The number of rotatable bonds is 3. The van der Waals surface area contributed by atoms with Crippen molar-refractivity contribution in [3.8, 4) is 0 Å². The van der Waals surface area contributed by atoms with Crippen LogP contribution in [0.15, 0.2) is 24.3 Å². The van der Waals surface area contributed by atoms with E-state index in [-0.39, 0.29) is 11.9 Å². The van der Waals surface area contributed by atoms with Crippen LogP contribution in [0.2, 0.25) is 0 Å². The number of nitrogens with one attached hydrogen (secondary N) is 2. The molecule has 2 nitrogen and oxygen atoms in total. The highest BCUT2D eigenvalue weighted by Crippen LogP contribution is 2.16. The first-order valence-corrected chi connectivity index (χ1v) is 6.48. The second-order valence-corrected chi connectivity index (χ2v) is 4.82. The van der Waals surface area contributed by atoms with Gasteiger partial charge in [0, 0.05) is 12.1 Å². The maximum atomic E-state index is 13.1. The molecule has 17 heavy (non-hydrogen) atoms. The van der Waals surface area contributed by atoms with Gasteiger partial charge in [-0.25, -0.2) is 4.39 Å². The zero-order valence-electron chi connectivity index (χ0n) is 10.4. The fraction of sp³-hybridized carbons (Fsp3) is 0.571. The molecule has 0 aliphatic carbocycles. The second-order valence-electron chi connectivity index (χ2n) is 4.82. The highest BCUT2D eigenvalue weighted by Gasteiger charge is 2.15. The largest absolute Gasteiger partial charge is 0.317 e. The van der Waals surface area contributed by atoms with Crippen molar-refractivity contribution in [3.05, 3.63) is 35.6 Å². The molecule has 2 atom stereocenters. The van der Waals surface area contributed by atoms with Gasteiger partial charge in [-0.15, -0.1) is 0 Å². The van der Waals surface area contributed by atoms with Crippen molar-refractivity contribution >= 4 is 0 Å². The molecule has 3 heteroatoms. The van der Waals surface area contributed by atoms with Crippen molar-refractivity contribution in [2.24, 2.45) is 0 Å². The van der Waals surface area contributed by atoms with E-state index in [1.165, 1.54) is 18.9 Å². The summed E-state index contributed by atoms with van der Waals surface area (Å²) in [5, 5.41) is 6.99. The molecule has 1 heterocycles. The van der Waals surface area contributed by atoms with Gasteiger partial charge in [0.1, 0.15) is 5.82 Å². The Hall–Kier alpha value is -0.930. The Morgan fingerprint density at radius 2 is 2.24 bits per heavy atom. The quantitative estimate of drug-likeness (QED) is 0.843. The molecule has 2 unspecified atom stereocenters. The molecule has 94 valence electrons. The second kappa shape index (κ2) is 6.12. The predicted molar refractivity (Wildman–Crippen MR) is 68.5 cm³/mol. The van der Waals surface area contributed by atoms with Gasteiger partial charge in [0.15, 0.2) is 0 Å². The lowest BCUT2D eigenvalue weighted by atomic mass is 10.0. The minimum atomic E-state index is -0.154. The number of benzene rings is 1. The van der Waals surface area contributed by atoms with E-state index >= 15 is 0 Å². The van der Waals surface area contributed by atoms with Crippen LogP contribution in [0.3, 0.4) is 0 Å². The van der Waals surface area contributed by atoms with Crippen molar-refractivity contribution in [2.75, 3.05) is 13.1 Å². The van der Waals surface area contributed by atoms with Crippen molar-refractivity contribution in [1.29, 1.82) is 0 Å². The molecule has 0 saturated carbocycles.